The minimum absolute atomic E-state index is 0.244. The van der Waals surface area contributed by atoms with E-state index in [9.17, 15) is 4.79 Å². The Kier molecular flexibility index (Phi) is 3.77. The van der Waals surface area contributed by atoms with Crippen molar-refractivity contribution in [3.05, 3.63) is 58.8 Å². The highest BCUT2D eigenvalue weighted by molar-refractivity contribution is 6.35. The normalized spacial score (nSPS) is 10.7. The standard InChI is InChI=1S/C17H14ClNO3/c1-10-11-6-5-7-12(18)16(11)22-15(10)17(20)19-13-8-3-4-9-14(13)21-2/h3-9H,1-2H3,(H,19,20). The molecule has 0 fully saturated rings. The van der Waals surface area contributed by atoms with E-state index < -0.39 is 0 Å². The SMILES string of the molecule is COc1ccccc1NC(=O)c1oc2c(Cl)cccc2c1C. The maximum absolute atomic E-state index is 12.5. The number of hydrogen-bond donors (Lipinski definition) is 1. The van der Waals surface area contributed by atoms with Crippen LogP contribution in [0.5, 0.6) is 5.75 Å². The van der Waals surface area contributed by atoms with Gasteiger partial charge in [0.05, 0.1) is 17.8 Å². The maximum atomic E-state index is 12.5. The largest absolute Gasteiger partial charge is 0.495 e. The van der Waals surface area contributed by atoms with Crippen LogP contribution in [-0.4, -0.2) is 13.0 Å². The Bertz CT molecular complexity index is 854. The summed E-state index contributed by atoms with van der Waals surface area (Å²) in [4.78, 5) is 12.5. The average Bonchev–Trinajstić information content (AvgIpc) is 2.87. The first kappa shape index (κ1) is 14.5. The lowest BCUT2D eigenvalue weighted by Gasteiger charge is -2.08. The highest BCUT2D eigenvalue weighted by Crippen LogP contribution is 2.31. The molecular formula is C17H14ClNO3. The van der Waals surface area contributed by atoms with Crippen molar-refractivity contribution in [3.8, 4) is 5.75 Å². The summed E-state index contributed by atoms with van der Waals surface area (Å²) in [5, 5.41) is 4.11. The van der Waals surface area contributed by atoms with Gasteiger partial charge in [-0.05, 0) is 25.1 Å². The van der Waals surface area contributed by atoms with Gasteiger partial charge in [0.1, 0.15) is 5.75 Å². The molecule has 3 aromatic rings. The Morgan fingerprint density at radius 3 is 2.68 bits per heavy atom. The molecule has 0 aliphatic heterocycles. The van der Waals surface area contributed by atoms with E-state index in [0.29, 0.717) is 22.0 Å². The highest BCUT2D eigenvalue weighted by atomic mass is 35.5. The van der Waals surface area contributed by atoms with Crippen molar-refractivity contribution in [2.24, 2.45) is 0 Å². The van der Waals surface area contributed by atoms with Gasteiger partial charge in [0, 0.05) is 10.9 Å². The molecule has 2 aromatic carbocycles. The fourth-order valence-electron chi connectivity index (χ4n) is 2.35. The van der Waals surface area contributed by atoms with Crippen molar-refractivity contribution < 1.29 is 13.9 Å². The van der Waals surface area contributed by atoms with Crippen molar-refractivity contribution in [3.63, 3.8) is 0 Å². The Labute approximate surface area is 132 Å². The van der Waals surface area contributed by atoms with Crippen molar-refractivity contribution in [2.45, 2.75) is 6.92 Å². The fourth-order valence-corrected chi connectivity index (χ4v) is 2.57. The molecule has 3 rings (SSSR count). The second kappa shape index (κ2) is 5.73. The van der Waals surface area contributed by atoms with E-state index in [2.05, 4.69) is 5.32 Å². The monoisotopic (exact) mass is 315 g/mol. The van der Waals surface area contributed by atoms with E-state index in [-0.39, 0.29) is 11.7 Å². The van der Waals surface area contributed by atoms with Crippen LogP contribution in [0.15, 0.2) is 46.9 Å². The van der Waals surface area contributed by atoms with Crippen LogP contribution >= 0.6 is 11.6 Å². The molecule has 0 saturated heterocycles. The number of hydrogen-bond acceptors (Lipinski definition) is 3. The number of halogens is 1. The molecule has 0 radical (unpaired) electrons. The lowest BCUT2D eigenvalue weighted by Crippen LogP contribution is -2.12. The summed E-state index contributed by atoms with van der Waals surface area (Å²) in [6.45, 7) is 1.83. The molecule has 0 bridgehead atoms. The second-order valence-electron chi connectivity index (χ2n) is 4.83. The number of carbonyl (C=O) groups excluding carboxylic acids is 1. The smallest absolute Gasteiger partial charge is 0.291 e. The summed E-state index contributed by atoms with van der Waals surface area (Å²) in [5.41, 5.74) is 1.86. The van der Waals surface area contributed by atoms with Crippen molar-refractivity contribution in [2.75, 3.05) is 12.4 Å². The molecule has 1 amide bonds. The quantitative estimate of drug-likeness (QED) is 0.765. The molecule has 1 N–H and O–H groups in total. The van der Waals surface area contributed by atoms with Gasteiger partial charge >= 0.3 is 0 Å². The average molecular weight is 316 g/mol. The molecule has 22 heavy (non-hydrogen) atoms. The Morgan fingerprint density at radius 1 is 1.18 bits per heavy atom. The van der Waals surface area contributed by atoms with Gasteiger partial charge in [-0.1, -0.05) is 35.9 Å². The number of furan rings is 1. The van der Waals surface area contributed by atoms with Gasteiger partial charge in [-0.2, -0.15) is 0 Å². The Balaban J connectivity index is 1.99. The molecule has 0 aliphatic carbocycles. The van der Waals surface area contributed by atoms with Gasteiger partial charge in [0.15, 0.2) is 11.3 Å². The van der Waals surface area contributed by atoms with Gasteiger partial charge in [0.2, 0.25) is 0 Å². The number of nitrogens with one attached hydrogen (secondary N) is 1. The molecule has 112 valence electrons. The summed E-state index contributed by atoms with van der Waals surface area (Å²) in [7, 11) is 1.55. The molecule has 0 aliphatic rings. The van der Waals surface area contributed by atoms with Crippen molar-refractivity contribution >= 4 is 34.2 Å². The summed E-state index contributed by atoms with van der Waals surface area (Å²) < 4.78 is 10.9. The van der Waals surface area contributed by atoms with Crippen LogP contribution in [0.3, 0.4) is 0 Å². The molecule has 0 unspecified atom stereocenters. The molecule has 0 spiro atoms. The van der Waals surface area contributed by atoms with Crippen LogP contribution in [0.4, 0.5) is 5.69 Å². The van der Waals surface area contributed by atoms with E-state index in [1.165, 1.54) is 0 Å². The number of carbonyl (C=O) groups is 1. The highest BCUT2D eigenvalue weighted by Gasteiger charge is 2.19. The minimum Gasteiger partial charge on any atom is -0.495 e. The number of ether oxygens (including phenoxy) is 1. The van der Waals surface area contributed by atoms with Crippen LogP contribution in [0.25, 0.3) is 11.0 Å². The molecule has 1 aromatic heterocycles. The molecule has 0 saturated carbocycles. The number of aryl methyl sites for hydroxylation is 1. The summed E-state index contributed by atoms with van der Waals surface area (Å²) >= 11 is 6.11. The number of amides is 1. The second-order valence-corrected chi connectivity index (χ2v) is 5.23. The third-order valence-corrected chi connectivity index (χ3v) is 3.77. The molecule has 1 heterocycles. The zero-order chi connectivity index (χ0) is 15.7. The molecular weight excluding hydrogens is 302 g/mol. The zero-order valence-corrected chi connectivity index (χ0v) is 12.9. The fraction of sp³-hybridized carbons (Fsp3) is 0.118. The predicted octanol–water partition coefficient (Wildman–Crippen LogP) is 4.66. The molecule has 5 heteroatoms. The van der Waals surface area contributed by atoms with Crippen molar-refractivity contribution in [1.82, 2.24) is 0 Å². The lowest BCUT2D eigenvalue weighted by molar-refractivity contribution is 0.0997. The molecule has 4 nitrogen and oxygen atoms in total. The lowest BCUT2D eigenvalue weighted by atomic mass is 10.1. The first-order valence-corrected chi connectivity index (χ1v) is 7.11. The maximum Gasteiger partial charge on any atom is 0.291 e. The number of methoxy groups -OCH3 is 1. The Hall–Kier alpha value is -2.46. The first-order chi connectivity index (χ1) is 10.6. The van der Waals surface area contributed by atoms with Crippen LogP contribution < -0.4 is 10.1 Å². The number of anilines is 1. The summed E-state index contributed by atoms with van der Waals surface area (Å²) in [6, 6.07) is 12.6. The van der Waals surface area contributed by atoms with Crippen molar-refractivity contribution in [1.29, 1.82) is 0 Å². The summed E-state index contributed by atoms with van der Waals surface area (Å²) in [5.74, 6) is 0.492. The van der Waals surface area contributed by atoms with Gasteiger partial charge in [-0.15, -0.1) is 0 Å². The van der Waals surface area contributed by atoms with E-state index in [1.807, 2.05) is 31.2 Å². The van der Waals surface area contributed by atoms with Gasteiger partial charge in [-0.25, -0.2) is 0 Å². The van der Waals surface area contributed by atoms with E-state index in [4.69, 9.17) is 20.8 Å². The van der Waals surface area contributed by atoms with E-state index in [0.717, 1.165) is 10.9 Å². The van der Waals surface area contributed by atoms with E-state index in [1.54, 1.807) is 25.3 Å². The number of benzene rings is 2. The summed E-state index contributed by atoms with van der Waals surface area (Å²) in [6.07, 6.45) is 0. The van der Waals surface area contributed by atoms with Crippen LogP contribution in [-0.2, 0) is 0 Å². The predicted molar refractivity (Wildman–Crippen MR) is 86.9 cm³/mol. The van der Waals surface area contributed by atoms with E-state index >= 15 is 0 Å². The third-order valence-electron chi connectivity index (χ3n) is 3.48. The number of para-hydroxylation sites is 3. The zero-order valence-electron chi connectivity index (χ0n) is 12.1. The topological polar surface area (TPSA) is 51.5 Å². The Morgan fingerprint density at radius 2 is 1.95 bits per heavy atom. The minimum atomic E-state index is -0.339. The van der Waals surface area contributed by atoms with Gasteiger partial charge < -0.3 is 14.5 Å². The number of rotatable bonds is 3. The van der Waals surface area contributed by atoms with Crippen LogP contribution in [0, 0.1) is 6.92 Å². The number of fused-ring (bicyclic) bond motifs is 1. The van der Waals surface area contributed by atoms with Gasteiger partial charge in [-0.3, -0.25) is 4.79 Å². The van der Waals surface area contributed by atoms with Gasteiger partial charge in [0.25, 0.3) is 5.91 Å². The first-order valence-electron chi connectivity index (χ1n) is 6.74. The van der Waals surface area contributed by atoms with Crippen LogP contribution in [0.1, 0.15) is 16.1 Å². The van der Waals surface area contributed by atoms with Crippen LogP contribution in [0.2, 0.25) is 5.02 Å². The molecule has 0 atom stereocenters. The third kappa shape index (κ3) is 2.42.